The van der Waals surface area contributed by atoms with E-state index in [0.717, 1.165) is 21.8 Å². The molecule has 1 aromatic rings. The Labute approximate surface area is 91.1 Å². The van der Waals surface area contributed by atoms with Gasteiger partial charge in [0.05, 0.1) is 10.2 Å². The van der Waals surface area contributed by atoms with Crippen molar-refractivity contribution in [2.24, 2.45) is 5.92 Å². The summed E-state index contributed by atoms with van der Waals surface area (Å²) >= 11 is 2.10. The van der Waals surface area contributed by atoms with E-state index in [1.807, 2.05) is 6.07 Å². The van der Waals surface area contributed by atoms with Crippen molar-refractivity contribution >= 4 is 22.6 Å². The van der Waals surface area contributed by atoms with Crippen LogP contribution in [0.1, 0.15) is 12.8 Å². The van der Waals surface area contributed by atoms with E-state index < -0.39 is 0 Å². The lowest BCUT2D eigenvalue weighted by atomic mass is 10.3. The van der Waals surface area contributed by atoms with Gasteiger partial charge in [-0.1, -0.05) is 6.07 Å². The molecule has 3 heteroatoms. The van der Waals surface area contributed by atoms with E-state index in [1.165, 1.54) is 12.8 Å². The second kappa shape index (κ2) is 3.74. The Hall–Kier alpha value is -0.450. The molecular weight excluding hydrogens is 279 g/mol. The van der Waals surface area contributed by atoms with Gasteiger partial charge in [-0.3, -0.25) is 0 Å². The predicted octanol–water partition coefficient (Wildman–Crippen LogP) is 2.79. The van der Waals surface area contributed by atoms with Gasteiger partial charge in [-0.2, -0.15) is 0 Å². The van der Waals surface area contributed by atoms with E-state index in [4.69, 9.17) is 4.74 Å². The first-order valence-corrected chi connectivity index (χ1v) is 5.45. The zero-order valence-electron chi connectivity index (χ0n) is 7.16. The van der Waals surface area contributed by atoms with Crippen molar-refractivity contribution in [1.82, 2.24) is 0 Å². The van der Waals surface area contributed by atoms with Gasteiger partial charge in [0, 0.05) is 0 Å². The molecule has 0 aliphatic heterocycles. The number of hydrogen-bond donors (Lipinski definition) is 1. The number of hydrogen-bond acceptors (Lipinski definition) is 2. The highest BCUT2D eigenvalue weighted by Crippen LogP contribution is 2.33. The monoisotopic (exact) mass is 290 g/mol. The lowest BCUT2D eigenvalue weighted by molar-refractivity contribution is 0.295. The highest BCUT2D eigenvalue weighted by Gasteiger charge is 2.22. The van der Waals surface area contributed by atoms with Crippen molar-refractivity contribution in [3.63, 3.8) is 0 Å². The van der Waals surface area contributed by atoms with Crippen LogP contribution in [0.2, 0.25) is 0 Å². The van der Waals surface area contributed by atoms with Crippen LogP contribution in [-0.2, 0) is 0 Å². The summed E-state index contributed by atoms with van der Waals surface area (Å²) in [5.74, 6) is 1.85. The van der Waals surface area contributed by atoms with Crippen LogP contribution in [0.5, 0.6) is 11.5 Å². The van der Waals surface area contributed by atoms with Gasteiger partial charge in [-0.15, -0.1) is 0 Å². The molecule has 0 spiro atoms. The summed E-state index contributed by atoms with van der Waals surface area (Å²) in [4.78, 5) is 0. The third-order valence-electron chi connectivity index (χ3n) is 2.11. The summed E-state index contributed by atoms with van der Waals surface area (Å²) in [6.45, 7) is 0.791. The van der Waals surface area contributed by atoms with Crippen LogP contribution in [-0.4, -0.2) is 11.7 Å². The van der Waals surface area contributed by atoms with Crippen LogP contribution in [0.25, 0.3) is 0 Å². The molecule has 1 aliphatic carbocycles. The SMILES string of the molecule is Oc1cccc(OCC2CC2)c1I. The smallest absolute Gasteiger partial charge is 0.136 e. The topological polar surface area (TPSA) is 29.5 Å². The maximum Gasteiger partial charge on any atom is 0.136 e. The second-order valence-electron chi connectivity index (χ2n) is 3.34. The average molecular weight is 290 g/mol. The molecule has 0 atom stereocenters. The van der Waals surface area contributed by atoms with Gasteiger partial charge in [0.25, 0.3) is 0 Å². The molecule has 0 aromatic heterocycles. The maximum absolute atomic E-state index is 9.39. The molecule has 1 saturated carbocycles. The van der Waals surface area contributed by atoms with Gasteiger partial charge in [0.1, 0.15) is 11.5 Å². The van der Waals surface area contributed by atoms with E-state index in [1.54, 1.807) is 12.1 Å². The number of benzene rings is 1. The van der Waals surface area contributed by atoms with E-state index in [9.17, 15) is 5.11 Å². The molecule has 0 unspecified atom stereocenters. The fraction of sp³-hybridized carbons (Fsp3) is 0.400. The summed E-state index contributed by atoms with van der Waals surface area (Å²) < 4.78 is 6.38. The molecule has 70 valence electrons. The Bertz CT molecular complexity index is 308. The molecule has 1 N–H and O–H groups in total. The summed E-state index contributed by atoms with van der Waals surface area (Å²) in [6, 6.07) is 5.37. The number of ether oxygens (including phenoxy) is 1. The van der Waals surface area contributed by atoms with E-state index in [2.05, 4.69) is 22.6 Å². The summed E-state index contributed by atoms with van der Waals surface area (Å²) in [5, 5.41) is 9.39. The van der Waals surface area contributed by atoms with Gasteiger partial charge in [-0.05, 0) is 53.5 Å². The van der Waals surface area contributed by atoms with Crippen LogP contribution in [0.4, 0.5) is 0 Å². The lowest BCUT2D eigenvalue weighted by Crippen LogP contribution is -2.00. The first-order valence-electron chi connectivity index (χ1n) is 4.37. The van der Waals surface area contributed by atoms with Gasteiger partial charge in [0.15, 0.2) is 0 Å². The number of aromatic hydroxyl groups is 1. The van der Waals surface area contributed by atoms with E-state index in [-0.39, 0.29) is 0 Å². The van der Waals surface area contributed by atoms with Gasteiger partial charge in [-0.25, -0.2) is 0 Å². The third kappa shape index (κ3) is 2.27. The third-order valence-corrected chi connectivity index (χ3v) is 3.20. The standard InChI is InChI=1S/C10H11IO2/c11-10-8(12)2-1-3-9(10)13-6-7-4-5-7/h1-3,7,12H,4-6H2. The molecule has 1 aromatic carbocycles. The van der Waals surface area contributed by atoms with Crippen molar-refractivity contribution in [2.75, 3.05) is 6.61 Å². The van der Waals surface area contributed by atoms with Crippen LogP contribution in [0, 0.1) is 9.49 Å². The number of rotatable bonds is 3. The summed E-state index contributed by atoms with van der Waals surface area (Å²) in [5.41, 5.74) is 0. The van der Waals surface area contributed by atoms with Crippen molar-refractivity contribution in [1.29, 1.82) is 0 Å². The normalized spacial score (nSPS) is 15.8. The molecule has 0 amide bonds. The van der Waals surface area contributed by atoms with Crippen molar-refractivity contribution in [3.8, 4) is 11.5 Å². The molecule has 1 fully saturated rings. The minimum absolute atomic E-state index is 0.300. The second-order valence-corrected chi connectivity index (χ2v) is 4.42. The molecule has 2 nitrogen and oxygen atoms in total. The van der Waals surface area contributed by atoms with Gasteiger partial charge in [0.2, 0.25) is 0 Å². The first-order chi connectivity index (χ1) is 6.27. The van der Waals surface area contributed by atoms with Crippen LogP contribution < -0.4 is 4.74 Å². The minimum atomic E-state index is 0.300. The predicted molar refractivity (Wildman–Crippen MR) is 59.0 cm³/mol. The van der Waals surface area contributed by atoms with E-state index in [0.29, 0.717) is 5.75 Å². The fourth-order valence-corrected chi connectivity index (χ4v) is 1.62. The first kappa shape index (κ1) is 9.12. The highest BCUT2D eigenvalue weighted by atomic mass is 127. The van der Waals surface area contributed by atoms with Crippen LogP contribution in [0.15, 0.2) is 18.2 Å². The number of phenols is 1. The van der Waals surface area contributed by atoms with Crippen molar-refractivity contribution in [2.45, 2.75) is 12.8 Å². The molecule has 0 radical (unpaired) electrons. The van der Waals surface area contributed by atoms with Crippen LogP contribution >= 0.6 is 22.6 Å². The molecule has 13 heavy (non-hydrogen) atoms. The Morgan fingerprint density at radius 1 is 1.46 bits per heavy atom. The van der Waals surface area contributed by atoms with E-state index >= 15 is 0 Å². The molecule has 0 heterocycles. The minimum Gasteiger partial charge on any atom is -0.507 e. The zero-order valence-corrected chi connectivity index (χ0v) is 9.32. The van der Waals surface area contributed by atoms with Gasteiger partial charge < -0.3 is 9.84 Å². The molecule has 2 rings (SSSR count). The molecule has 1 aliphatic rings. The Kier molecular flexibility index (Phi) is 2.62. The van der Waals surface area contributed by atoms with Crippen molar-refractivity contribution in [3.05, 3.63) is 21.8 Å². The Morgan fingerprint density at radius 3 is 2.92 bits per heavy atom. The van der Waals surface area contributed by atoms with Crippen LogP contribution in [0.3, 0.4) is 0 Å². The zero-order chi connectivity index (χ0) is 9.26. The van der Waals surface area contributed by atoms with Crippen molar-refractivity contribution < 1.29 is 9.84 Å². The lowest BCUT2D eigenvalue weighted by Gasteiger charge is -2.07. The Balaban J connectivity index is 2.05. The average Bonchev–Trinajstić information content (AvgIpc) is 2.91. The highest BCUT2D eigenvalue weighted by molar-refractivity contribution is 14.1. The number of halogens is 1. The molecular formula is C10H11IO2. The Morgan fingerprint density at radius 2 is 2.23 bits per heavy atom. The maximum atomic E-state index is 9.39. The molecule has 0 bridgehead atoms. The summed E-state index contributed by atoms with van der Waals surface area (Å²) in [7, 11) is 0. The largest absolute Gasteiger partial charge is 0.507 e. The van der Waals surface area contributed by atoms with Gasteiger partial charge >= 0.3 is 0 Å². The molecule has 0 saturated heterocycles. The fourth-order valence-electron chi connectivity index (χ4n) is 1.10. The summed E-state index contributed by atoms with van der Waals surface area (Å²) in [6.07, 6.45) is 2.57. The number of phenolic OH excluding ortho intramolecular Hbond substituents is 1. The quantitative estimate of drug-likeness (QED) is 0.867.